The third-order valence-electron chi connectivity index (χ3n) is 3.95. The van der Waals surface area contributed by atoms with Crippen molar-refractivity contribution in [1.29, 1.82) is 0 Å². The van der Waals surface area contributed by atoms with Crippen LogP contribution in [0.4, 0.5) is 4.79 Å². The van der Waals surface area contributed by atoms with Gasteiger partial charge in [0.15, 0.2) is 0 Å². The smallest absolute Gasteiger partial charge is 0.293 e. The Hall–Kier alpha value is -1.36. The third-order valence-corrected chi connectivity index (χ3v) is 6.23. The van der Waals surface area contributed by atoms with Crippen LogP contribution in [0.1, 0.15) is 11.1 Å². The summed E-state index contributed by atoms with van der Waals surface area (Å²) in [6, 6.07) is 13.7. The van der Waals surface area contributed by atoms with E-state index in [1.54, 1.807) is 6.08 Å². The number of carbonyl (C=O) groups is 2. The van der Waals surface area contributed by atoms with Crippen molar-refractivity contribution in [2.24, 2.45) is 0 Å². The minimum atomic E-state index is -0.280. The molecule has 0 aromatic heterocycles. The molecule has 2 aromatic rings. The molecule has 0 saturated carbocycles. The molecule has 2 aromatic carbocycles. The fourth-order valence-corrected chi connectivity index (χ4v) is 4.32. The van der Waals surface area contributed by atoms with E-state index in [0.29, 0.717) is 18.1 Å². The second-order valence-corrected chi connectivity index (χ2v) is 9.00. The fourth-order valence-electron chi connectivity index (χ4n) is 2.49. The zero-order chi connectivity index (χ0) is 20.1. The maximum absolute atomic E-state index is 12.4. The summed E-state index contributed by atoms with van der Waals surface area (Å²) in [6.07, 6.45) is 1.73. The van der Waals surface area contributed by atoms with Gasteiger partial charge in [0.1, 0.15) is 12.4 Å². The number of ether oxygens (including phenoxy) is 2. The molecule has 0 bridgehead atoms. The Balaban J connectivity index is 1.68. The molecule has 0 radical (unpaired) electrons. The second-order valence-electron chi connectivity index (χ2n) is 5.93. The first-order valence-corrected chi connectivity index (χ1v) is 11.1. The summed E-state index contributed by atoms with van der Waals surface area (Å²) in [7, 11) is 1.54. The number of rotatable bonds is 7. The highest BCUT2D eigenvalue weighted by Crippen LogP contribution is 2.33. The van der Waals surface area contributed by atoms with E-state index in [9.17, 15) is 9.59 Å². The van der Waals surface area contributed by atoms with Crippen LogP contribution >= 0.6 is 50.3 Å². The number of thioether (sulfide) groups is 1. The van der Waals surface area contributed by atoms with Crippen LogP contribution in [0.25, 0.3) is 6.08 Å². The molecule has 1 aliphatic rings. The van der Waals surface area contributed by atoms with E-state index < -0.39 is 0 Å². The molecule has 8 heteroatoms. The molecule has 146 valence electrons. The van der Waals surface area contributed by atoms with Gasteiger partial charge in [0, 0.05) is 11.6 Å². The molecular weight excluding hydrogens is 557 g/mol. The largest absolute Gasteiger partial charge is 0.488 e. The van der Waals surface area contributed by atoms with Crippen molar-refractivity contribution < 1.29 is 19.1 Å². The Kier molecular flexibility index (Phi) is 7.55. The molecular formula is C20H17BrINO4S. The van der Waals surface area contributed by atoms with E-state index in [1.165, 1.54) is 12.0 Å². The Morgan fingerprint density at radius 2 is 1.93 bits per heavy atom. The number of hydrogen-bond donors (Lipinski definition) is 0. The summed E-state index contributed by atoms with van der Waals surface area (Å²) >= 11 is 6.57. The van der Waals surface area contributed by atoms with Crippen LogP contribution in [0, 0.1) is 3.57 Å². The van der Waals surface area contributed by atoms with Crippen LogP contribution in [-0.4, -0.2) is 36.3 Å². The maximum atomic E-state index is 12.4. The Labute approximate surface area is 189 Å². The predicted octanol–water partition coefficient (Wildman–Crippen LogP) is 5.32. The first-order valence-electron chi connectivity index (χ1n) is 8.39. The molecule has 0 atom stereocenters. The molecule has 1 heterocycles. The normalized spacial score (nSPS) is 15.5. The lowest BCUT2D eigenvalue weighted by molar-refractivity contribution is -0.123. The number of nitrogens with zero attached hydrogens (tertiary/aromatic N) is 1. The number of imide groups is 1. The number of carbonyl (C=O) groups excluding carboxylic acids is 2. The molecule has 5 nitrogen and oxygen atoms in total. The van der Waals surface area contributed by atoms with E-state index >= 15 is 0 Å². The highest BCUT2D eigenvalue weighted by Gasteiger charge is 2.34. The van der Waals surface area contributed by atoms with Crippen LogP contribution in [0.5, 0.6) is 5.75 Å². The fraction of sp³-hybridized carbons (Fsp3) is 0.200. The second kappa shape index (κ2) is 9.91. The molecule has 0 spiro atoms. The predicted molar refractivity (Wildman–Crippen MR) is 122 cm³/mol. The quantitative estimate of drug-likeness (QED) is 0.332. The van der Waals surface area contributed by atoms with Crippen molar-refractivity contribution in [3.63, 3.8) is 0 Å². The molecule has 0 unspecified atom stereocenters. The maximum Gasteiger partial charge on any atom is 0.293 e. The molecule has 28 heavy (non-hydrogen) atoms. The lowest BCUT2D eigenvalue weighted by Gasteiger charge is -2.11. The summed E-state index contributed by atoms with van der Waals surface area (Å²) in [4.78, 5) is 26.0. The van der Waals surface area contributed by atoms with Gasteiger partial charge in [-0.3, -0.25) is 14.5 Å². The highest BCUT2D eigenvalue weighted by molar-refractivity contribution is 14.1. The monoisotopic (exact) mass is 573 g/mol. The van der Waals surface area contributed by atoms with Crippen molar-refractivity contribution in [3.05, 3.63) is 66.5 Å². The lowest BCUT2D eigenvalue weighted by atomic mass is 10.2. The molecule has 2 amide bonds. The number of halogens is 2. The van der Waals surface area contributed by atoms with E-state index in [0.717, 1.165) is 36.7 Å². The standard InChI is InChI=1S/C20H17BrINO4S/c1-26-9-8-23-19(24)18(28-20(23)25)11-14-4-7-17(16(22)10-14)27-12-13-2-5-15(21)6-3-13/h2-7,10-11H,8-9,12H2,1H3/b18-11+. The summed E-state index contributed by atoms with van der Waals surface area (Å²) in [6.45, 7) is 1.06. The van der Waals surface area contributed by atoms with Gasteiger partial charge in [0.25, 0.3) is 11.1 Å². The summed E-state index contributed by atoms with van der Waals surface area (Å²) in [5.74, 6) is 0.492. The van der Waals surface area contributed by atoms with E-state index in [2.05, 4.69) is 38.5 Å². The average molecular weight is 574 g/mol. The molecule has 0 aliphatic carbocycles. The van der Waals surface area contributed by atoms with Crippen LogP contribution in [0.2, 0.25) is 0 Å². The average Bonchev–Trinajstić information content (AvgIpc) is 2.94. The van der Waals surface area contributed by atoms with Gasteiger partial charge < -0.3 is 9.47 Å². The van der Waals surface area contributed by atoms with Crippen LogP contribution in [0.15, 0.2) is 51.8 Å². The van der Waals surface area contributed by atoms with Gasteiger partial charge in [-0.1, -0.05) is 34.1 Å². The van der Waals surface area contributed by atoms with E-state index in [4.69, 9.17) is 9.47 Å². The number of methoxy groups -OCH3 is 1. The zero-order valence-corrected chi connectivity index (χ0v) is 19.5. The van der Waals surface area contributed by atoms with Crippen molar-refractivity contribution in [2.75, 3.05) is 20.3 Å². The SMILES string of the molecule is COCCN1C(=O)S/C(=C/c2ccc(OCc3ccc(Br)cc3)c(I)c2)C1=O. The van der Waals surface area contributed by atoms with E-state index in [-0.39, 0.29) is 17.7 Å². The molecule has 1 aliphatic heterocycles. The van der Waals surface area contributed by atoms with Crippen LogP contribution in [0.3, 0.4) is 0 Å². The number of hydrogen-bond acceptors (Lipinski definition) is 5. The lowest BCUT2D eigenvalue weighted by Crippen LogP contribution is -2.31. The minimum absolute atomic E-state index is 0.263. The van der Waals surface area contributed by atoms with Crippen LogP contribution < -0.4 is 4.74 Å². The summed E-state index contributed by atoms with van der Waals surface area (Å²) in [5, 5.41) is -0.266. The molecule has 1 saturated heterocycles. The van der Waals surface area contributed by atoms with Crippen molar-refractivity contribution in [3.8, 4) is 5.75 Å². The first-order chi connectivity index (χ1) is 13.5. The number of benzene rings is 2. The minimum Gasteiger partial charge on any atom is -0.488 e. The summed E-state index contributed by atoms with van der Waals surface area (Å²) < 4.78 is 12.8. The van der Waals surface area contributed by atoms with Gasteiger partial charge in [-0.05, 0) is 75.8 Å². The zero-order valence-electron chi connectivity index (χ0n) is 15.0. The molecule has 1 fully saturated rings. The molecule has 3 rings (SSSR count). The van der Waals surface area contributed by atoms with Gasteiger partial charge in [-0.15, -0.1) is 0 Å². The number of amides is 2. The van der Waals surface area contributed by atoms with Gasteiger partial charge >= 0.3 is 0 Å². The summed E-state index contributed by atoms with van der Waals surface area (Å²) in [5.41, 5.74) is 1.92. The Morgan fingerprint density at radius 3 is 2.61 bits per heavy atom. The van der Waals surface area contributed by atoms with Crippen molar-refractivity contribution in [1.82, 2.24) is 4.90 Å². The van der Waals surface area contributed by atoms with Crippen LogP contribution in [-0.2, 0) is 16.1 Å². The molecule has 0 N–H and O–H groups in total. The van der Waals surface area contributed by atoms with Gasteiger partial charge in [0.2, 0.25) is 0 Å². The Morgan fingerprint density at radius 1 is 1.18 bits per heavy atom. The van der Waals surface area contributed by atoms with Gasteiger partial charge in [-0.25, -0.2) is 0 Å². The Bertz CT molecular complexity index is 917. The first kappa shape index (κ1) is 21.4. The highest BCUT2D eigenvalue weighted by atomic mass is 127. The van der Waals surface area contributed by atoms with Gasteiger partial charge in [-0.2, -0.15) is 0 Å². The third kappa shape index (κ3) is 5.37. The van der Waals surface area contributed by atoms with Crippen molar-refractivity contribution >= 4 is 67.5 Å². The van der Waals surface area contributed by atoms with Crippen molar-refractivity contribution in [2.45, 2.75) is 6.61 Å². The topological polar surface area (TPSA) is 55.8 Å². The van der Waals surface area contributed by atoms with E-state index in [1.807, 2.05) is 42.5 Å². The van der Waals surface area contributed by atoms with Gasteiger partial charge in [0.05, 0.1) is 21.6 Å².